The van der Waals surface area contributed by atoms with Crippen LogP contribution in [0, 0.1) is 13.8 Å². The van der Waals surface area contributed by atoms with Gasteiger partial charge in [-0.1, -0.05) is 0 Å². The van der Waals surface area contributed by atoms with Crippen molar-refractivity contribution in [1.29, 1.82) is 0 Å². The minimum absolute atomic E-state index is 0.109. The number of rotatable bonds is 7. The van der Waals surface area contributed by atoms with Gasteiger partial charge in [-0.25, -0.2) is 0 Å². The van der Waals surface area contributed by atoms with Crippen molar-refractivity contribution < 1.29 is 9.53 Å². The van der Waals surface area contributed by atoms with Crippen molar-refractivity contribution in [1.82, 2.24) is 4.57 Å². The van der Waals surface area contributed by atoms with Crippen LogP contribution in [-0.4, -0.2) is 23.0 Å². The molecule has 0 amide bonds. The Bertz CT molecular complexity index is 697. The molecule has 0 radical (unpaired) electrons. The van der Waals surface area contributed by atoms with Crippen LogP contribution in [0.25, 0.3) is 0 Å². The highest BCUT2D eigenvalue weighted by Crippen LogP contribution is 2.21. The molecule has 1 N–H and O–H groups in total. The zero-order valence-corrected chi connectivity index (χ0v) is 15.5. The predicted molar refractivity (Wildman–Crippen MR) is 99.3 cm³/mol. The maximum absolute atomic E-state index is 12.5. The lowest BCUT2D eigenvalue weighted by molar-refractivity contribution is 0.101. The number of aromatic nitrogens is 1. The van der Waals surface area contributed by atoms with Gasteiger partial charge in [0.15, 0.2) is 5.78 Å². The Morgan fingerprint density at radius 2 is 1.75 bits per heavy atom. The monoisotopic (exact) mass is 328 g/mol. The van der Waals surface area contributed by atoms with Crippen LogP contribution in [0.2, 0.25) is 0 Å². The van der Waals surface area contributed by atoms with Gasteiger partial charge in [-0.2, -0.15) is 0 Å². The highest BCUT2D eigenvalue weighted by Gasteiger charge is 2.16. The van der Waals surface area contributed by atoms with Crippen LogP contribution in [0.15, 0.2) is 30.3 Å². The van der Waals surface area contributed by atoms with Gasteiger partial charge in [0.1, 0.15) is 5.75 Å². The van der Waals surface area contributed by atoms with Crippen LogP contribution < -0.4 is 10.1 Å². The van der Waals surface area contributed by atoms with E-state index in [-0.39, 0.29) is 18.4 Å². The predicted octanol–water partition coefficient (Wildman–Crippen LogP) is 4.77. The molecule has 0 saturated carbocycles. The third-order valence-electron chi connectivity index (χ3n) is 3.98. The molecule has 0 atom stereocenters. The van der Waals surface area contributed by atoms with E-state index in [1.165, 1.54) is 0 Å². The van der Waals surface area contributed by atoms with Crippen LogP contribution in [0.3, 0.4) is 0 Å². The topological polar surface area (TPSA) is 43.3 Å². The normalized spacial score (nSPS) is 11.2. The molecule has 1 aromatic heterocycles. The van der Waals surface area contributed by atoms with Gasteiger partial charge >= 0.3 is 0 Å². The van der Waals surface area contributed by atoms with Crippen molar-refractivity contribution in [2.75, 3.05) is 11.9 Å². The second-order valence-electron chi connectivity index (χ2n) is 6.72. The number of benzene rings is 1. The van der Waals surface area contributed by atoms with Crippen molar-refractivity contribution in [3.8, 4) is 5.75 Å². The Balaban J connectivity index is 2.02. The number of hydrogen-bond donors (Lipinski definition) is 1. The number of nitrogens with one attached hydrogen (secondary N) is 1. The first-order valence-electron chi connectivity index (χ1n) is 8.51. The lowest BCUT2D eigenvalue weighted by atomic mass is 10.1. The molecule has 2 aromatic rings. The zero-order chi connectivity index (χ0) is 17.9. The lowest BCUT2D eigenvalue weighted by Gasteiger charge is -2.14. The van der Waals surface area contributed by atoms with Gasteiger partial charge in [0.05, 0.1) is 12.6 Å². The molecule has 1 aromatic carbocycles. The number of carbonyl (C=O) groups excluding carboxylic acids is 1. The van der Waals surface area contributed by atoms with Gasteiger partial charge in [-0.3, -0.25) is 4.79 Å². The maximum atomic E-state index is 12.5. The second-order valence-corrected chi connectivity index (χ2v) is 6.72. The largest absolute Gasteiger partial charge is 0.491 e. The first-order valence-corrected chi connectivity index (χ1v) is 8.51. The molecule has 4 heteroatoms. The van der Waals surface area contributed by atoms with Crippen molar-refractivity contribution >= 4 is 11.5 Å². The molecule has 130 valence electrons. The third kappa shape index (κ3) is 4.19. The molecular weight excluding hydrogens is 300 g/mol. The average molecular weight is 328 g/mol. The minimum Gasteiger partial charge on any atom is -0.491 e. The fourth-order valence-corrected chi connectivity index (χ4v) is 3.06. The molecule has 4 nitrogen and oxygen atoms in total. The van der Waals surface area contributed by atoms with Crippen LogP contribution in [0.4, 0.5) is 5.69 Å². The van der Waals surface area contributed by atoms with E-state index in [1.54, 1.807) is 0 Å². The van der Waals surface area contributed by atoms with Gasteiger partial charge in [0.2, 0.25) is 0 Å². The SMILES string of the molecule is Cc1cc(C(=O)CNc2ccc(OC(C)C)cc2)c(C)n1C(C)C. The summed E-state index contributed by atoms with van der Waals surface area (Å²) in [6.07, 6.45) is 0.154. The maximum Gasteiger partial charge on any atom is 0.183 e. The summed E-state index contributed by atoms with van der Waals surface area (Å²) >= 11 is 0. The summed E-state index contributed by atoms with van der Waals surface area (Å²) in [5.74, 6) is 0.944. The Morgan fingerprint density at radius 1 is 1.12 bits per heavy atom. The van der Waals surface area contributed by atoms with Crippen molar-refractivity contribution in [2.45, 2.75) is 53.7 Å². The van der Waals surface area contributed by atoms with Crippen LogP contribution in [0.5, 0.6) is 5.75 Å². The van der Waals surface area contributed by atoms with Crippen molar-refractivity contribution in [3.05, 3.63) is 47.3 Å². The van der Waals surface area contributed by atoms with E-state index in [1.807, 2.05) is 58.0 Å². The van der Waals surface area contributed by atoms with E-state index in [9.17, 15) is 4.79 Å². The summed E-state index contributed by atoms with van der Waals surface area (Å²) in [5, 5.41) is 3.19. The molecule has 24 heavy (non-hydrogen) atoms. The van der Waals surface area contributed by atoms with Crippen LogP contribution in [-0.2, 0) is 0 Å². The number of nitrogens with zero attached hydrogens (tertiary/aromatic N) is 1. The zero-order valence-electron chi connectivity index (χ0n) is 15.5. The molecule has 0 aliphatic rings. The standard InChI is InChI=1S/C20H28N2O2/c1-13(2)22-15(5)11-19(16(22)6)20(23)12-21-17-7-9-18(10-8-17)24-14(3)4/h7-11,13-14,21H,12H2,1-6H3. The highest BCUT2D eigenvalue weighted by molar-refractivity contribution is 6.00. The first-order chi connectivity index (χ1) is 11.3. The van der Waals surface area contributed by atoms with E-state index < -0.39 is 0 Å². The molecule has 0 spiro atoms. The van der Waals surface area contributed by atoms with E-state index >= 15 is 0 Å². The first kappa shape index (κ1) is 18.1. The van der Waals surface area contributed by atoms with E-state index in [0.29, 0.717) is 6.04 Å². The second kappa shape index (κ2) is 7.56. The van der Waals surface area contributed by atoms with Crippen LogP contribution >= 0.6 is 0 Å². The smallest absolute Gasteiger partial charge is 0.183 e. The molecular formula is C20H28N2O2. The summed E-state index contributed by atoms with van der Waals surface area (Å²) in [4.78, 5) is 12.5. The number of ether oxygens (including phenoxy) is 1. The van der Waals surface area contributed by atoms with Crippen molar-refractivity contribution in [2.24, 2.45) is 0 Å². The molecule has 0 bridgehead atoms. The van der Waals surface area contributed by atoms with Gasteiger partial charge in [-0.15, -0.1) is 0 Å². The lowest BCUT2D eigenvalue weighted by Crippen LogP contribution is -2.15. The van der Waals surface area contributed by atoms with E-state index in [2.05, 4.69) is 23.7 Å². The Hall–Kier alpha value is -2.23. The Labute approximate surface area is 144 Å². The summed E-state index contributed by atoms with van der Waals surface area (Å²) in [6.45, 7) is 12.6. The quantitative estimate of drug-likeness (QED) is 0.745. The Kier molecular flexibility index (Phi) is 5.71. The highest BCUT2D eigenvalue weighted by atomic mass is 16.5. The van der Waals surface area contributed by atoms with Gasteiger partial charge in [-0.05, 0) is 71.9 Å². The third-order valence-corrected chi connectivity index (χ3v) is 3.98. The van der Waals surface area contributed by atoms with Crippen LogP contribution in [0.1, 0.15) is 55.5 Å². The molecule has 0 saturated heterocycles. The molecule has 0 aliphatic carbocycles. The number of ketones is 1. The molecule has 0 unspecified atom stereocenters. The van der Waals surface area contributed by atoms with E-state index in [0.717, 1.165) is 28.4 Å². The van der Waals surface area contributed by atoms with Gasteiger partial charge in [0, 0.05) is 28.7 Å². The minimum atomic E-state index is 0.109. The number of anilines is 1. The number of carbonyl (C=O) groups is 1. The number of Topliss-reactive ketones (excluding diaryl/α,β-unsaturated/α-hetero) is 1. The summed E-state index contributed by atoms with van der Waals surface area (Å²) in [6, 6.07) is 10.0. The Morgan fingerprint density at radius 3 is 2.25 bits per heavy atom. The average Bonchev–Trinajstić information content (AvgIpc) is 2.80. The molecule has 1 heterocycles. The number of hydrogen-bond acceptors (Lipinski definition) is 3. The summed E-state index contributed by atoms with van der Waals surface area (Å²) in [5.41, 5.74) is 3.88. The molecule has 0 aliphatic heterocycles. The molecule has 2 rings (SSSR count). The van der Waals surface area contributed by atoms with E-state index in [4.69, 9.17) is 4.74 Å². The van der Waals surface area contributed by atoms with Gasteiger partial charge < -0.3 is 14.6 Å². The van der Waals surface area contributed by atoms with Crippen molar-refractivity contribution in [3.63, 3.8) is 0 Å². The fraction of sp³-hybridized carbons (Fsp3) is 0.450. The summed E-state index contributed by atoms with van der Waals surface area (Å²) in [7, 11) is 0. The summed E-state index contributed by atoms with van der Waals surface area (Å²) < 4.78 is 7.82. The van der Waals surface area contributed by atoms with Gasteiger partial charge in [0.25, 0.3) is 0 Å². The number of aryl methyl sites for hydroxylation is 1. The molecule has 0 fully saturated rings. The fourth-order valence-electron chi connectivity index (χ4n) is 3.06.